The first kappa shape index (κ1) is 12.0. The van der Waals surface area contributed by atoms with Crippen molar-refractivity contribution < 1.29 is 4.92 Å². The number of halogens is 1. The van der Waals surface area contributed by atoms with E-state index in [1.165, 1.54) is 0 Å². The number of hydrogen-bond acceptors (Lipinski definition) is 2. The fourth-order valence-corrected chi connectivity index (χ4v) is 1.54. The zero-order valence-electron chi connectivity index (χ0n) is 9.03. The molecule has 0 spiro atoms. The summed E-state index contributed by atoms with van der Waals surface area (Å²) >= 11 is 5.85. The first-order chi connectivity index (χ1) is 6.85. The second-order valence-electron chi connectivity index (χ2n) is 4.19. The second kappa shape index (κ2) is 4.19. The topological polar surface area (TPSA) is 43.1 Å². The molecule has 82 valence electrons. The summed E-state index contributed by atoms with van der Waals surface area (Å²) in [7, 11) is 0. The summed E-state index contributed by atoms with van der Waals surface area (Å²) in [4.78, 5) is 10.6. The Morgan fingerprint density at radius 3 is 2.53 bits per heavy atom. The number of hydrogen-bond donors (Lipinski definition) is 0. The summed E-state index contributed by atoms with van der Waals surface area (Å²) < 4.78 is 0. The van der Waals surface area contributed by atoms with Gasteiger partial charge in [-0.25, -0.2) is 0 Å². The lowest BCUT2D eigenvalue weighted by atomic mass is 9.84. The first-order valence-electron chi connectivity index (χ1n) is 4.75. The van der Waals surface area contributed by atoms with Crippen molar-refractivity contribution in [2.45, 2.75) is 32.2 Å². The lowest BCUT2D eigenvalue weighted by molar-refractivity contribution is -0.564. The molecule has 0 aliphatic carbocycles. The molecule has 0 aliphatic rings. The summed E-state index contributed by atoms with van der Waals surface area (Å²) in [5.41, 5.74) is -0.0887. The van der Waals surface area contributed by atoms with Crippen molar-refractivity contribution in [3.05, 3.63) is 45.0 Å². The van der Waals surface area contributed by atoms with E-state index in [-0.39, 0.29) is 10.8 Å². The molecule has 0 fully saturated rings. The summed E-state index contributed by atoms with van der Waals surface area (Å²) in [5, 5.41) is 11.5. The Balaban J connectivity index is 3.04. The average Bonchev–Trinajstić information content (AvgIpc) is 2.16. The van der Waals surface area contributed by atoms with Gasteiger partial charge in [-0.15, -0.1) is 0 Å². The van der Waals surface area contributed by atoms with Gasteiger partial charge in [0.25, 0.3) is 0 Å². The predicted octanol–water partition coefficient (Wildman–Crippen LogP) is 3.50. The van der Waals surface area contributed by atoms with E-state index in [4.69, 9.17) is 11.6 Å². The molecule has 0 saturated heterocycles. The largest absolute Gasteiger partial charge is 0.264 e. The number of benzene rings is 1. The van der Waals surface area contributed by atoms with Gasteiger partial charge in [0.1, 0.15) is 0 Å². The number of rotatable bonds is 3. The van der Waals surface area contributed by atoms with Gasteiger partial charge >= 0.3 is 0 Å². The van der Waals surface area contributed by atoms with Crippen LogP contribution in [0.3, 0.4) is 0 Å². The minimum Gasteiger partial charge on any atom is -0.264 e. The second-order valence-corrected chi connectivity index (χ2v) is 4.62. The van der Waals surface area contributed by atoms with E-state index in [0.29, 0.717) is 5.02 Å². The minimum atomic E-state index is -0.981. The van der Waals surface area contributed by atoms with Gasteiger partial charge in [0.2, 0.25) is 5.54 Å². The van der Waals surface area contributed by atoms with Crippen molar-refractivity contribution in [2.24, 2.45) is 0 Å². The van der Waals surface area contributed by atoms with Gasteiger partial charge in [-0.2, -0.15) is 0 Å². The highest BCUT2D eigenvalue weighted by Gasteiger charge is 2.38. The van der Waals surface area contributed by atoms with Gasteiger partial charge in [0.15, 0.2) is 0 Å². The highest BCUT2D eigenvalue weighted by atomic mass is 35.5. The highest BCUT2D eigenvalue weighted by molar-refractivity contribution is 6.30. The highest BCUT2D eigenvalue weighted by Crippen LogP contribution is 2.31. The number of nitro groups is 1. The van der Waals surface area contributed by atoms with Gasteiger partial charge in [-0.05, 0) is 17.7 Å². The maximum atomic E-state index is 10.9. The molecule has 3 nitrogen and oxygen atoms in total. The summed E-state index contributed by atoms with van der Waals surface area (Å²) in [6.07, 6.45) is 0. The minimum absolute atomic E-state index is 0.175. The first-order valence-corrected chi connectivity index (χ1v) is 5.13. The van der Waals surface area contributed by atoms with Crippen LogP contribution in [0.15, 0.2) is 24.3 Å². The van der Waals surface area contributed by atoms with E-state index in [1.54, 1.807) is 26.0 Å². The Morgan fingerprint density at radius 1 is 1.47 bits per heavy atom. The molecule has 0 aliphatic heterocycles. The van der Waals surface area contributed by atoms with Crippen molar-refractivity contribution >= 4 is 11.6 Å². The predicted molar refractivity (Wildman–Crippen MR) is 60.9 cm³/mol. The van der Waals surface area contributed by atoms with E-state index < -0.39 is 5.54 Å². The fourth-order valence-electron chi connectivity index (χ4n) is 1.34. The number of nitrogens with zero attached hydrogens (tertiary/aromatic N) is 1. The maximum absolute atomic E-state index is 10.9. The van der Waals surface area contributed by atoms with Gasteiger partial charge in [-0.1, -0.05) is 30.7 Å². The van der Waals surface area contributed by atoms with Gasteiger partial charge < -0.3 is 0 Å². The summed E-state index contributed by atoms with van der Waals surface area (Å²) in [6.45, 7) is 5.09. The molecule has 0 N–H and O–H groups in total. The molecule has 1 aromatic rings. The molecule has 4 heteroatoms. The van der Waals surface area contributed by atoms with Crippen LogP contribution >= 0.6 is 11.6 Å². The van der Waals surface area contributed by atoms with Crippen molar-refractivity contribution in [2.75, 3.05) is 0 Å². The van der Waals surface area contributed by atoms with Gasteiger partial charge in [0.05, 0.1) is 5.92 Å². The monoisotopic (exact) mass is 227 g/mol. The van der Waals surface area contributed by atoms with E-state index in [0.717, 1.165) is 5.56 Å². The Bertz CT molecular complexity index is 377. The molecule has 0 bridgehead atoms. The van der Waals surface area contributed by atoms with Crippen molar-refractivity contribution in [3.63, 3.8) is 0 Å². The van der Waals surface area contributed by atoms with Crippen LogP contribution in [0, 0.1) is 10.1 Å². The zero-order chi connectivity index (χ0) is 11.6. The third-order valence-corrected chi connectivity index (χ3v) is 3.11. The van der Waals surface area contributed by atoms with Gasteiger partial charge in [-0.3, -0.25) is 10.1 Å². The van der Waals surface area contributed by atoms with E-state index >= 15 is 0 Å². The van der Waals surface area contributed by atoms with Crippen LogP contribution in [0.25, 0.3) is 0 Å². The van der Waals surface area contributed by atoms with Crippen LogP contribution in [0.1, 0.15) is 32.3 Å². The lowest BCUT2D eigenvalue weighted by Gasteiger charge is -2.23. The molecule has 1 aromatic carbocycles. The standard InChI is InChI=1S/C11H14ClNO2/c1-8(11(2,3)13(14)15)9-5-4-6-10(12)7-9/h4-8H,1-3H3. The third kappa shape index (κ3) is 2.48. The normalized spacial score (nSPS) is 13.6. The van der Waals surface area contributed by atoms with Crippen LogP contribution in [0.4, 0.5) is 0 Å². The van der Waals surface area contributed by atoms with Crippen molar-refractivity contribution in [1.29, 1.82) is 0 Å². The average molecular weight is 228 g/mol. The van der Waals surface area contributed by atoms with Crippen LogP contribution in [0.5, 0.6) is 0 Å². The molecule has 0 aromatic heterocycles. The SMILES string of the molecule is CC(c1cccc(Cl)c1)C(C)(C)[N+](=O)[O-]. The summed E-state index contributed by atoms with van der Waals surface area (Å²) in [6, 6.07) is 7.21. The van der Waals surface area contributed by atoms with Gasteiger partial charge in [0, 0.05) is 23.8 Å². The van der Waals surface area contributed by atoms with Crippen LogP contribution in [0.2, 0.25) is 5.02 Å². The Kier molecular flexibility index (Phi) is 3.35. The van der Waals surface area contributed by atoms with Crippen LogP contribution in [-0.4, -0.2) is 10.5 Å². The molecular weight excluding hydrogens is 214 g/mol. The van der Waals surface area contributed by atoms with E-state index in [2.05, 4.69) is 0 Å². The fraction of sp³-hybridized carbons (Fsp3) is 0.455. The van der Waals surface area contributed by atoms with Crippen LogP contribution < -0.4 is 0 Å². The zero-order valence-corrected chi connectivity index (χ0v) is 9.78. The third-order valence-electron chi connectivity index (χ3n) is 2.88. The van der Waals surface area contributed by atoms with E-state index in [9.17, 15) is 10.1 Å². The molecule has 1 unspecified atom stereocenters. The molecule has 0 heterocycles. The maximum Gasteiger partial charge on any atom is 0.223 e. The molecular formula is C11H14ClNO2. The molecule has 0 radical (unpaired) electrons. The van der Waals surface area contributed by atoms with Crippen molar-refractivity contribution in [1.82, 2.24) is 0 Å². The van der Waals surface area contributed by atoms with Crippen molar-refractivity contribution in [3.8, 4) is 0 Å². The quantitative estimate of drug-likeness (QED) is 0.586. The van der Waals surface area contributed by atoms with Crippen LogP contribution in [-0.2, 0) is 0 Å². The lowest BCUT2D eigenvalue weighted by Crippen LogP contribution is -2.36. The molecule has 0 saturated carbocycles. The van der Waals surface area contributed by atoms with E-state index in [1.807, 2.05) is 19.1 Å². The molecule has 1 atom stereocenters. The Morgan fingerprint density at radius 2 is 2.07 bits per heavy atom. The molecule has 0 amide bonds. The summed E-state index contributed by atoms with van der Waals surface area (Å²) in [5.74, 6) is -0.175. The smallest absolute Gasteiger partial charge is 0.223 e. The molecule has 1 rings (SSSR count). The Hall–Kier alpha value is -1.09. The molecule has 15 heavy (non-hydrogen) atoms. The Labute approximate surface area is 94.2 Å².